The summed E-state index contributed by atoms with van der Waals surface area (Å²) in [4.78, 5) is 0. The summed E-state index contributed by atoms with van der Waals surface area (Å²) < 4.78 is 0. The molecule has 3 N–H and O–H groups in total. The Morgan fingerprint density at radius 2 is 2.00 bits per heavy atom. The van der Waals surface area contributed by atoms with E-state index in [1.165, 1.54) is 0 Å². The van der Waals surface area contributed by atoms with Crippen molar-refractivity contribution in [2.24, 2.45) is 0 Å². The zero-order valence-corrected chi connectivity index (χ0v) is 6.47. The lowest BCUT2D eigenvalue weighted by Crippen LogP contribution is -2.22. The second kappa shape index (κ2) is 3.57. The highest BCUT2D eigenvalue weighted by atomic mass is 16.5. The van der Waals surface area contributed by atoms with Gasteiger partial charge in [0.15, 0.2) is 0 Å². The van der Waals surface area contributed by atoms with Crippen LogP contribution in [0.2, 0.25) is 0 Å². The maximum absolute atomic E-state index is 9.08. The highest BCUT2D eigenvalue weighted by molar-refractivity contribution is 5.13. The van der Waals surface area contributed by atoms with Gasteiger partial charge < -0.3 is 10.3 Å². The number of aliphatic hydroxyl groups is 1. The quantitative estimate of drug-likeness (QED) is 0.361. The largest absolute Gasteiger partial charge is 0.378 e. The van der Waals surface area contributed by atoms with Gasteiger partial charge in [-0.2, -0.15) is 5.48 Å². The van der Waals surface area contributed by atoms with E-state index < -0.39 is 5.60 Å². The van der Waals surface area contributed by atoms with Crippen LogP contribution in [-0.4, -0.2) is 22.0 Å². The molecule has 0 aliphatic heterocycles. The third kappa shape index (κ3) is 5.57. The smallest absolute Gasteiger partial charge is 0.120 e. The third-order valence-electron chi connectivity index (χ3n) is 0.788. The molecule has 0 aromatic rings. The van der Waals surface area contributed by atoms with Crippen LogP contribution in [0.5, 0.6) is 0 Å². The Morgan fingerprint density at radius 1 is 1.50 bits per heavy atom. The first-order chi connectivity index (χ1) is 4.45. The molecule has 0 aliphatic carbocycles. The molecule has 1 atom stereocenters. The SMILES string of the molecule is C[C@H](C#CC(C)(C)O)NO. The van der Waals surface area contributed by atoms with Gasteiger partial charge in [0.05, 0.1) is 6.04 Å². The summed E-state index contributed by atoms with van der Waals surface area (Å²) in [5.41, 5.74) is 0.972. The lowest BCUT2D eigenvalue weighted by atomic mass is 10.1. The second-order valence-electron chi connectivity index (χ2n) is 2.68. The lowest BCUT2D eigenvalue weighted by molar-refractivity contribution is 0.140. The summed E-state index contributed by atoms with van der Waals surface area (Å²) in [5, 5.41) is 17.4. The number of hydrogen-bond donors (Lipinski definition) is 3. The van der Waals surface area contributed by atoms with Gasteiger partial charge in [-0.3, -0.25) is 0 Å². The van der Waals surface area contributed by atoms with Crippen molar-refractivity contribution in [3.63, 3.8) is 0 Å². The van der Waals surface area contributed by atoms with Crippen molar-refractivity contribution < 1.29 is 10.3 Å². The zero-order valence-electron chi connectivity index (χ0n) is 6.47. The molecular formula is C7H13NO2. The molecule has 0 heterocycles. The number of hydrogen-bond acceptors (Lipinski definition) is 3. The van der Waals surface area contributed by atoms with Gasteiger partial charge >= 0.3 is 0 Å². The van der Waals surface area contributed by atoms with Gasteiger partial charge in [-0.1, -0.05) is 11.8 Å². The Bertz CT molecular complexity index is 149. The van der Waals surface area contributed by atoms with Crippen LogP contribution < -0.4 is 5.48 Å². The van der Waals surface area contributed by atoms with Crippen molar-refractivity contribution in [3.8, 4) is 11.8 Å². The predicted molar refractivity (Wildman–Crippen MR) is 38.5 cm³/mol. The van der Waals surface area contributed by atoms with Gasteiger partial charge in [0.25, 0.3) is 0 Å². The van der Waals surface area contributed by atoms with E-state index in [0.717, 1.165) is 0 Å². The van der Waals surface area contributed by atoms with Gasteiger partial charge in [-0.05, 0) is 20.8 Å². The van der Waals surface area contributed by atoms with Crippen molar-refractivity contribution in [1.29, 1.82) is 0 Å². The maximum atomic E-state index is 9.08. The first-order valence-electron chi connectivity index (χ1n) is 3.10. The van der Waals surface area contributed by atoms with E-state index in [4.69, 9.17) is 10.3 Å². The van der Waals surface area contributed by atoms with Crippen LogP contribution in [0.15, 0.2) is 0 Å². The molecule has 10 heavy (non-hydrogen) atoms. The third-order valence-corrected chi connectivity index (χ3v) is 0.788. The van der Waals surface area contributed by atoms with E-state index in [1.807, 2.05) is 5.48 Å². The highest BCUT2D eigenvalue weighted by Gasteiger charge is 2.05. The molecule has 0 fully saturated rings. The van der Waals surface area contributed by atoms with Crippen LogP contribution in [0.25, 0.3) is 0 Å². The molecule has 0 aromatic carbocycles. The van der Waals surface area contributed by atoms with Gasteiger partial charge in [0, 0.05) is 0 Å². The number of rotatable bonds is 1. The molecule has 3 heteroatoms. The second-order valence-corrected chi connectivity index (χ2v) is 2.68. The van der Waals surface area contributed by atoms with Gasteiger partial charge in [-0.15, -0.1) is 0 Å². The molecular weight excluding hydrogens is 130 g/mol. The normalized spacial score (nSPS) is 13.7. The van der Waals surface area contributed by atoms with Gasteiger partial charge in [-0.25, -0.2) is 0 Å². The summed E-state index contributed by atoms with van der Waals surface area (Å²) in [6, 6.07) is -0.300. The Morgan fingerprint density at radius 3 is 2.30 bits per heavy atom. The minimum Gasteiger partial charge on any atom is -0.378 e. The van der Waals surface area contributed by atoms with E-state index in [1.54, 1.807) is 20.8 Å². The molecule has 0 saturated carbocycles. The fourth-order valence-electron chi connectivity index (χ4n) is 0.317. The Balaban J connectivity index is 3.91. The van der Waals surface area contributed by atoms with Crippen LogP contribution in [0.4, 0.5) is 0 Å². The average Bonchev–Trinajstić information content (AvgIpc) is 1.81. The van der Waals surface area contributed by atoms with Crippen molar-refractivity contribution in [2.45, 2.75) is 32.4 Å². The van der Waals surface area contributed by atoms with Crippen LogP contribution in [0.1, 0.15) is 20.8 Å². The molecule has 0 amide bonds. The predicted octanol–water partition coefficient (Wildman–Crippen LogP) is 0.128. The van der Waals surface area contributed by atoms with E-state index >= 15 is 0 Å². The maximum Gasteiger partial charge on any atom is 0.120 e. The van der Waals surface area contributed by atoms with Crippen molar-refractivity contribution in [3.05, 3.63) is 0 Å². The Labute approximate surface area is 61.0 Å². The highest BCUT2D eigenvalue weighted by Crippen LogP contribution is 1.96. The van der Waals surface area contributed by atoms with Crippen LogP contribution >= 0.6 is 0 Å². The molecule has 0 rings (SSSR count). The topological polar surface area (TPSA) is 52.5 Å². The summed E-state index contributed by atoms with van der Waals surface area (Å²) >= 11 is 0. The molecule has 0 radical (unpaired) electrons. The molecule has 0 unspecified atom stereocenters. The number of nitrogens with one attached hydrogen (secondary N) is 1. The molecule has 58 valence electrons. The molecule has 3 nitrogen and oxygen atoms in total. The van der Waals surface area contributed by atoms with Crippen LogP contribution in [0.3, 0.4) is 0 Å². The van der Waals surface area contributed by atoms with E-state index in [2.05, 4.69) is 11.8 Å². The van der Waals surface area contributed by atoms with Crippen molar-refractivity contribution >= 4 is 0 Å². The summed E-state index contributed by atoms with van der Waals surface area (Å²) in [5.74, 6) is 5.17. The minimum atomic E-state index is -0.981. The standard InChI is InChI=1S/C7H13NO2/c1-6(8-10)4-5-7(2,3)9/h6,8-10H,1-3H3/t6-/m1/s1. The molecule has 0 saturated heterocycles. The molecule has 0 bridgehead atoms. The Hall–Kier alpha value is -0.560. The van der Waals surface area contributed by atoms with E-state index in [0.29, 0.717) is 0 Å². The summed E-state index contributed by atoms with van der Waals surface area (Å²) in [6.45, 7) is 4.87. The molecule has 0 aliphatic rings. The average molecular weight is 143 g/mol. The summed E-state index contributed by atoms with van der Waals surface area (Å²) in [6.07, 6.45) is 0. The Kier molecular flexibility index (Phi) is 3.37. The van der Waals surface area contributed by atoms with Crippen molar-refractivity contribution in [2.75, 3.05) is 0 Å². The minimum absolute atomic E-state index is 0.300. The fraction of sp³-hybridized carbons (Fsp3) is 0.714. The van der Waals surface area contributed by atoms with E-state index in [9.17, 15) is 0 Å². The first-order valence-corrected chi connectivity index (χ1v) is 3.10. The van der Waals surface area contributed by atoms with Gasteiger partial charge in [0.1, 0.15) is 5.60 Å². The molecule has 0 spiro atoms. The van der Waals surface area contributed by atoms with Crippen molar-refractivity contribution in [1.82, 2.24) is 5.48 Å². The monoisotopic (exact) mass is 143 g/mol. The summed E-state index contributed by atoms with van der Waals surface area (Å²) in [7, 11) is 0. The fourth-order valence-corrected chi connectivity index (χ4v) is 0.317. The van der Waals surface area contributed by atoms with E-state index in [-0.39, 0.29) is 6.04 Å². The van der Waals surface area contributed by atoms with Gasteiger partial charge in [0.2, 0.25) is 0 Å². The van der Waals surface area contributed by atoms with Crippen LogP contribution in [-0.2, 0) is 0 Å². The number of hydroxylamine groups is 1. The lowest BCUT2D eigenvalue weighted by Gasteiger charge is -2.07. The first kappa shape index (κ1) is 9.44. The van der Waals surface area contributed by atoms with Crippen LogP contribution in [0, 0.1) is 11.8 Å². The zero-order chi connectivity index (χ0) is 8.20. The molecule has 0 aromatic heterocycles.